The summed E-state index contributed by atoms with van der Waals surface area (Å²) in [5.41, 5.74) is -0.810. The van der Waals surface area contributed by atoms with Crippen molar-refractivity contribution in [2.24, 2.45) is 7.05 Å². The maximum Gasteiger partial charge on any atom is 0.434 e. The Hall–Kier alpha value is -1.20. The van der Waals surface area contributed by atoms with E-state index < -0.39 is 11.9 Å². The molecule has 1 fully saturated rings. The second-order valence-corrected chi connectivity index (χ2v) is 4.08. The van der Waals surface area contributed by atoms with Crippen LogP contribution < -0.4 is 4.90 Å². The highest BCUT2D eigenvalue weighted by Crippen LogP contribution is 2.30. The molecule has 2 rings (SSSR count). The van der Waals surface area contributed by atoms with Gasteiger partial charge in [0.05, 0.1) is 0 Å². The number of hydrogen-bond acceptors (Lipinski definition) is 2. The monoisotopic (exact) mass is 233 g/mol. The molecule has 0 bridgehead atoms. The summed E-state index contributed by atoms with van der Waals surface area (Å²) in [5, 5.41) is 0. The Bertz CT molecular complexity index is 364. The first kappa shape index (κ1) is 11.3. The van der Waals surface area contributed by atoms with Crippen LogP contribution in [-0.4, -0.2) is 22.6 Å². The molecule has 2 heterocycles. The van der Waals surface area contributed by atoms with E-state index in [4.69, 9.17) is 0 Å². The second-order valence-electron chi connectivity index (χ2n) is 4.08. The van der Waals surface area contributed by atoms with Gasteiger partial charge in [-0.25, -0.2) is 4.98 Å². The standard InChI is InChI=1S/C10H14F3N3/c1-15-7-8(10(11,12)13)14-9(15)16-5-3-2-4-6-16/h7H,2-6H2,1H3. The van der Waals surface area contributed by atoms with E-state index in [0.717, 1.165) is 38.5 Å². The number of aryl methyl sites for hydroxylation is 1. The summed E-state index contributed by atoms with van der Waals surface area (Å²) in [5.74, 6) is 0.423. The maximum absolute atomic E-state index is 12.5. The number of aromatic nitrogens is 2. The van der Waals surface area contributed by atoms with Crippen LogP contribution in [0.2, 0.25) is 0 Å². The number of imidazole rings is 1. The summed E-state index contributed by atoms with van der Waals surface area (Å²) >= 11 is 0. The average molecular weight is 233 g/mol. The number of hydrogen-bond donors (Lipinski definition) is 0. The maximum atomic E-state index is 12.5. The van der Waals surface area contributed by atoms with E-state index in [2.05, 4.69) is 4.98 Å². The van der Waals surface area contributed by atoms with Crippen molar-refractivity contribution in [2.75, 3.05) is 18.0 Å². The van der Waals surface area contributed by atoms with Crippen molar-refractivity contribution in [1.82, 2.24) is 9.55 Å². The molecule has 90 valence electrons. The second kappa shape index (κ2) is 3.99. The van der Waals surface area contributed by atoms with Gasteiger partial charge in [-0.3, -0.25) is 0 Å². The van der Waals surface area contributed by atoms with E-state index in [0.29, 0.717) is 5.95 Å². The minimum absolute atomic E-state index is 0.423. The van der Waals surface area contributed by atoms with Gasteiger partial charge < -0.3 is 9.47 Å². The number of rotatable bonds is 1. The van der Waals surface area contributed by atoms with E-state index >= 15 is 0 Å². The van der Waals surface area contributed by atoms with Crippen molar-refractivity contribution in [3.63, 3.8) is 0 Å². The van der Waals surface area contributed by atoms with Crippen molar-refractivity contribution in [1.29, 1.82) is 0 Å². The van der Waals surface area contributed by atoms with E-state index in [1.807, 2.05) is 4.90 Å². The highest BCUT2D eigenvalue weighted by atomic mass is 19.4. The van der Waals surface area contributed by atoms with Gasteiger partial charge in [-0.1, -0.05) is 0 Å². The van der Waals surface area contributed by atoms with Crippen molar-refractivity contribution < 1.29 is 13.2 Å². The van der Waals surface area contributed by atoms with Crippen LogP contribution in [0.3, 0.4) is 0 Å². The summed E-state index contributed by atoms with van der Waals surface area (Å²) in [6.45, 7) is 1.59. The van der Waals surface area contributed by atoms with Gasteiger partial charge in [0.1, 0.15) is 0 Å². The van der Waals surface area contributed by atoms with E-state index in [1.54, 1.807) is 7.05 Å². The summed E-state index contributed by atoms with van der Waals surface area (Å²) in [7, 11) is 1.60. The zero-order chi connectivity index (χ0) is 11.8. The molecule has 16 heavy (non-hydrogen) atoms. The minimum atomic E-state index is -4.36. The third-order valence-electron chi connectivity index (χ3n) is 2.78. The summed E-state index contributed by atoms with van der Waals surface area (Å²) in [6, 6.07) is 0. The van der Waals surface area contributed by atoms with Gasteiger partial charge in [0.2, 0.25) is 5.95 Å². The van der Waals surface area contributed by atoms with E-state index in [-0.39, 0.29) is 0 Å². The SMILES string of the molecule is Cn1cc(C(F)(F)F)nc1N1CCCCC1. The molecule has 3 nitrogen and oxygen atoms in total. The average Bonchev–Trinajstić information content (AvgIpc) is 2.61. The Morgan fingerprint density at radius 2 is 1.81 bits per heavy atom. The highest BCUT2D eigenvalue weighted by molar-refractivity contribution is 5.34. The molecule has 1 aliphatic heterocycles. The number of piperidine rings is 1. The Kier molecular flexibility index (Phi) is 2.82. The molecule has 6 heteroatoms. The van der Waals surface area contributed by atoms with Crippen LogP contribution in [0.15, 0.2) is 6.20 Å². The molecule has 0 N–H and O–H groups in total. The van der Waals surface area contributed by atoms with Crippen LogP contribution in [0.25, 0.3) is 0 Å². The van der Waals surface area contributed by atoms with Crippen LogP contribution in [0.5, 0.6) is 0 Å². The lowest BCUT2D eigenvalue weighted by Crippen LogP contribution is -2.31. The quantitative estimate of drug-likeness (QED) is 0.742. The molecule has 1 aromatic rings. The third-order valence-corrected chi connectivity index (χ3v) is 2.78. The van der Waals surface area contributed by atoms with Crippen molar-refractivity contribution in [3.05, 3.63) is 11.9 Å². The largest absolute Gasteiger partial charge is 0.434 e. The van der Waals surface area contributed by atoms with Crippen LogP contribution >= 0.6 is 0 Å². The lowest BCUT2D eigenvalue weighted by Gasteiger charge is -2.27. The Balaban J connectivity index is 2.24. The molecule has 0 unspecified atom stereocenters. The van der Waals surface area contributed by atoms with Crippen LogP contribution in [0.4, 0.5) is 19.1 Å². The summed E-state index contributed by atoms with van der Waals surface area (Å²) in [6.07, 6.45) is -0.120. The lowest BCUT2D eigenvalue weighted by atomic mass is 10.1. The van der Waals surface area contributed by atoms with Crippen LogP contribution in [0.1, 0.15) is 25.0 Å². The molecule has 0 radical (unpaired) electrons. The molecular formula is C10H14F3N3. The minimum Gasteiger partial charge on any atom is -0.342 e. The zero-order valence-corrected chi connectivity index (χ0v) is 9.09. The van der Waals surface area contributed by atoms with Gasteiger partial charge in [-0.2, -0.15) is 13.2 Å². The number of anilines is 1. The molecular weight excluding hydrogens is 219 g/mol. The molecule has 0 aromatic carbocycles. The number of alkyl halides is 3. The molecule has 0 aliphatic carbocycles. The fourth-order valence-electron chi connectivity index (χ4n) is 1.98. The lowest BCUT2D eigenvalue weighted by molar-refractivity contribution is -0.140. The Labute approximate surface area is 91.9 Å². The molecule has 0 atom stereocenters. The van der Waals surface area contributed by atoms with Gasteiger partial charge in [0.25, 0.3) is 0 Å². The van der Waals surface area contributed by atoms with E-state index in [1.165, 1.54) is 4.57 Å². The van der Waals surface area contributed by atoms with Crippen LogP contribution in [0, 0.1) is 0 Å². The molecule has 1 saturated heterocycles. The topological polar surface area (TPSA) is 21.1 Å². The van der Waals surface area contributed by atoms with Gasteiger partial charge in [-0.05, 0) is 19.3 Å². The van der Waals surface area contributed by atoms with Crippen molar-refractivity contribution in [2.45, 2.75) is 25.4 Å². The normalized spacial score (nSPS) is 17.9. The third kappa shape index (κ3) is 2.15. The van der Waals surface area contributed by atoms with Gasteiger partial charge >= 0.3 is 6.18 Å². The number of nitrogens with zero attached hydrogens (tertiary/aromatic N) is 3. The first-order chi connectivity index (χ1) is 7.48. The molecule has 1 aromatic heterocycles. The first-order valence-electron chi connectivity index (χ1n) is 5.34. The van der Waals surface area contributed by atoms with Crippen LogP contribution in [-0.2, 0) is 13.2 Å². The zero-order valence-electron chi connectivity index (χ0n) is 9.09. The molecule has 0 amide bonds. The van der Waals surface area contributed by atoms with Gasteiger partial charge in [0, 0.05) is 26.3 Å². The predicted octanol–water partition coefficient (Wildman–Crippen LogP) is 2.43. The van der Waals surface area contributed by atoms with Gasteiger partial charge in [-0.15, -0.1) is 0 Å². The Morgan fingerprint density at radius 3 is 2.31 bits per heavy atom. The Morgan fingerprint density at radius 1 is 1.19 bits per heavy atom. The summed E-state index contributed by atoms with van der Waals surface area (Å²) < 4.78 is 38.8. The van der Waals surface area contributed by atoms with Crippen molar-refractivity contribution >= 4 is 5.95 Å². The molecule has 0 saturated carbocycles. The van der Waals surface area contributed by atoms with Gasteiger partial charge in [0.15, 0.2) is 5.69 Å². The number of halogens is 3. The first-order valence-corrected chi connectivity index (χ1v) is 5.34. The fourth-order valence-corrected chi connectivity index (χ4v) is 1.98. The highest BCUT2D eigenvalue weighted by Gasteiger charge is 2.35. The predicted molar refractivity (Wildman–Crippen MR) is 54.3 cm³/mol. The molecule has 1 aliphatic rings. The smallest absolute Gasteiger partial charge is 0.342 e. The molecule has 0 spiro atoms. The fraction of sp³-hybridized carbons (Fsp3) is 0.700. The van der Waals surface area contributed by atoms with E-state index in [9.17, 15) is 13.2 Å². The van der Waals surface area contributed by atoms with Crippen molar-refractivity contribution in [3.8, 4) is 0 Å². The summed E-state index contributed by atoms with van der Waals surface area (Å²) in [4.78, 5) is 5.58.